The van der Waals surface area contributed by atoms with E-state index in [-0.39, 0.29) is 22.6 Å². The maximum atomic E-state index is 12.8. The molecule has 7 nitrogen and oxygen atoms in total. The number of hydrogen-bond acceptors (Lipinski definition) is 7. The zero-order chi connectivity index (χ0) is 24.6. The first kappa shape index (κ1) is 23.1. The molecule has 0 heterocycles. The van der Waals surface area contributed by atoms with Gasteiger partial charge in [-0.15, -0.1) is 0 Å². The number of benzene rings is 4. The fourth-order valence-electron chi connectivity index (χ4n) is 3.11. The Kier molecular flexibility index (Phi) is 7.08. The number of hydrogen-bond donors (Lipinski definition) is 0. The van der Waals surface area contributed by atoms with Crippen molar-refractivity contribution in [3.8, 4) is 11.5 Å². The van der Waals surface area contributed by atoms with Crippen LogP contribution >= 0.6 is 0 Å². The van der Waals surface area contributed by atoms with E-state index in [2.05, 4.69) is 0 Å². The van der Waals surface area contributed by atoms with E-state index in [0.717, 1.165) is 0 Å². The van der Waals surface area contributed by atoms with Crippen molar-refractivity contribution in [2.24, 2.45) is 0 Å². The molecule has 0 spiro atoms. The van der Waals surface area contributed by atoms with Crippen molar-refractivity contribution in [2.45, 2.75) is 0 Å². The summed E-state index contributed by atoms with van der Waals surface area (Å²) in [5.41, 5.74) is 0.342. The second-order valence-corrected chi connectivity index (χ2v) is 7.18. The first-order valence-electron chi connectivity index (χ1n) is 10.5. The number of carbonyl (C=O) groups excluding carboxylic acids is 4. The van der Waals surface area contributed by atoms with Gasteiger partial charge in [-0.05, 0) is 48.5 Å². The van der Waals surface area contributed by atoms with Gasteiger partial charge >= 0.3 is 23.9 Å². The fraction of sp³-hybridized carbons (Fsp3) is 0. The minimum atomic E-state index is -1.03. The van der Waals surface area contributed by atoms with E-state index in [1.165, 1.54) is 36.4 Å². The van der Waals surface area contributed by atoms with Crippen LogP contribution in [0, 0.1) is 0 Å². The Bertz CT molecular complexity index is 1270. The molecule has 0 fully saturated rings. The molecule has 0 amide bonds. The number of rotatable bonds is 6. The Morgan fingerprint density at radius 1 is 0.400 bits per heavy atom. The predicted molar refractivity (Wildman–Crippen MR) is 125 cm³/mol. The summed E-state index contributed by atoms with van der Waals surface area (Å²) < 4.78 is 15.7. The van der Waals surface area contributed by atoms with Crippen LogP contribution in [0.1, 0.15) is 41.4 Å². The van der Waals surface area contributed by atoms with Crippen molar-refractivity contribution in [3.05, 3.63) is 131 Å². The summed E-state index contributed by atoms with van der Waals surface area (Å²) in [6.07, 6.45) is 0. The molecule has 0 aliphatic carbocycles. The van der Waals surface area contributed by atoms with Gasteiger partial charge < -0.3 is 14.2 Å². The van der Waals surface area contributed by atoms with Gasteiger partial charge in [0.05, 0.1) is 11.1 Å². The number of ether oxygens (including phenoxy) is 3. The van der Waals surface area contributed by atoms with E-state index >= 15 is 0 Å². The second kappa shape index (κ2) is 10.7. The Labute approximate surface area is 200 Å². The third kappa shape index (κ3) is 5.66. The number of esters is 4. The lowest BCUT2D eigenvalue weighted by Gasteiger charge is -2.11. The first-order valence-corrected chi connectivity index (χ1v) is 10.5. The highest BCUT2D eigenvalue weighted by molar-refractivity contribution is 6.06. The van der Waals surface area contributed by atoms with Gasteiger partial charge in [0.25, 0.3) is 0 Å². The van der Waals surface area contributed by atoms with Crippen LogP contribution in [0.3, 0.4) is 0 Å². The van der Waals surface area contributed by atoms with Gasteiger partial charge in [0, 0.05) is 0 Å². The molecule has 0 atom stereocenters. The van der Waals surface area contributed by atoms with Gasteiger partial charge in [0.1, 0.15) is 22.6 Å². The molecule has 0 unspecified atom stereocenters. The van der Waals surface area contributed by atoms with Gasteiger partial charge in [-0.2, -0.15) is 0 Å². The summed E-state index contributed by atoms with van der Waals surface area (Å²) in [6, 6.07) is 28.3. The van der Waals surface area contributed by atoms with Crippen molar-refractivity contribution >= 4 is 23.9 Å². The summed E-state index contributed by atoms with van der Waals surface area (Å²) in [5, 5.41) is 0. The molecule has 0 N–H and O–H groups in total. The molecule has 0 aromatic heterocycles. The van der Waals surface area contributed by atoms with Crippen molar-refractivity contribution in [1.82, 2.24) is 0 Å². The predicted octanol–water partition coefficient (Wildman–Crippen LogP) is 5.12. The lowest BCUT2D eigenvalue weighted by atomic mass is 10.2. The monoisotopic (exact) mass is 466 g/mol. The van der Waals surface area contributed by atoms with Crippen LogP contribution in [0.4, 0.5) is 0 Å². The molecule has 4 aromatic carbocycles. The summed E-state index contributed by atoms with van der Waals surface area (Å²) in [4.78, 5) is 50.4. The van der Waals surface area contributed by atoms with E-state index in [9.17, 15) is 19.2 Å². The number of para-hydroxylation sites is 2. The van der Waals surface area contributed by atoms with Crippen LogP contribution in [-0.4, -0.2) is 23.9 Å². The van der Waals surface area contributed by atoms with E-state index in [1.807, 2.05) is 0 Å². The highest BCUT2D eigenvalue weighted by atomic mass is 16.6. The first-order chi connectivity index (χ1) is 17.0. The molecule has 0 saturated heterocycles. The highest BCUT2D eigenvalue weighted by Gasteiger charge is 2.23. The van der Waals surface area contributed by atoms with Crippen LogP contribution in [0.2, 0.25) is 0 Å². The average molecular weight is 466 g/mol. The van der Waals surface area contributed by atoms with Crippen LogP contribution in [-0.2, 0) is 4.74 Å². The number of carbonyl (C=O) groups is 4. The Hall–Kier alpha value is -5.04. The minimum Gasteiger partial charge on any atom is -0.422 e. The zero-order valence-corrected chi connectivity index (χ0v) is 18.3. The largest absolute Gasteiger partial charge is 0.422 e. The Morgan fingerprint density at radius 3 is 1.14 bits per heavy atom. The van der Waals surface area contributed by atoms with Gasteiger partial charge in [-0.3, -0.25) is 0 Å². The molecule has 0 radical (unpaired) electrons. The third-order valence-electron chi connectivity index (χ3n) is 4.82. The van der Waals surface area contributed by atoms with Crippen molar-refractivity contribution < 1.29 is 33.4 Å². The molecule has 172 valence electrons. The van der Waals surface area contributed by atoms with Crippen LogP contribution in [0.25, 0.3) is 0 Å². The molecular formula is C28H18O7. The molecule has 4 rings (SSSR count). The smallest absolute Gasteiger partial charge is 0.349 e. The fourth-order valence-corrected chi connectivity index (χ4v) is 3.11. The summed E-state index contributed by atoms with van der Waals surface area (Å²) >= 11 is 0. The molecule has 4 aromatic rings. The molecule has 7 heteroatoms. The van der Waals surface area contributed by atoms with E-state index in [0.29, 0.717) is 11.1 Å². The SMILES string of the molecule is O=C(Oc1ccccc1C(=O)OC(=O)c1ccccc1OC(=O)c1ccccc1)c1ccccc1. The summed E-state index contributed by atoms with van der Waals surface area (Å²) in [5.74, 6) is -3.54. The standard InChI is InChI=1S/C28H18O7/c29-25(19-11-3-1-4-12-19)33-23-17-9-7-15-21(23)27(31)35-28(32)22-16-8-10-18-24(22)34-26(30)20-13-5-2-6-14-20/h1-18H. The molecule has 0 bridgehead atoms. The summed E-state index contributed by atoms with van der Waals surface area (Å²) in [6.45, 7) is 0. The van der Waals surface area contributed by atoms with Crippen LogP contribution in [0.15, 0.2) is 109 Å². The van der Waals surface area contributed by atoms with E-state index < -0.39 is 23.9 Å². The second-order valence-electron chi connectivity index (χ2n) is 7.18. The molecular weight excluding hydrogens is 448 g/mol. The molecule has 0 saturated carbocycles. The normalized spacial score (nSPS) is 10.2. The van der Waals surface area contributed by atoms with Gasteiger partial charge in [-0.25, -0.2) is 19.2 Å². The van der Waals surface area contributed by atoms with E-state index in [1.54, 1.807) is 72.8 Å². The maximum Gasteiger partial charge on any atom is 0.349 e. The van der Waals surface area contributed by atoms with Gasteiger partial charge in [0.2, 0.25) is 0 Å². The molecule has 0 aliphatic rings. The third-order valence-corrected chi connectivity index (χ3v) is 4.82. The zero-order valence-electron chi connectivity index (χ0n) is 18.3. The van der Waals surface area contributed by atoms with Crippen LogP contribution < -0.4 is 9.47 Å². The highest BCUT2D eigenvalue weighted by Crippen LogP contribution is 2.24. The topological polar surface area (TPSA) is 96.0 Å². The summed E-state index contributed by atoms with van der Waals surface area (Å²) in [7, 11) is 0. The minimum absolute atomic E-state index is 0.0667. The van der Waals surface area contributed by atoms with Crippen LogP contribution in [0.5, 0.6) is 11.5 Å². The van der Waals surface area contributed by atoms with Gasteiger partial charge in [0.15, 0.2) is 0 Å². The Balaban J connectivity index is 1.50. The maximum absolute atomic E-state index is 12.8. The Morgan fingerprint density at radius 2 is 0.743 bits per heavy atom. The van der Waals surface area contributed by atoms with Gasteiger partial charge in [-0.1, -0.05) is 60.7 Å². The average Bonchev–Trinajstić information content (AvgIpc) is 2.90. The van der Waals surface area contributed by atoms with E-state index in [4.69, 9.17) is 14.2 Å². The van der Waals surface area contributed by atoms with Crippen molar-refractivity contribution in [1.29, 1.82) is 0 Å². The molecule has 0 aliphatic heterocycles. The van der Waals surface area contributed by atoms with Crippen molar-refractivity contribution in [3.63, 3.8) is 0 Å². The quantitative estimate of drug-likeness (QED) is 0.221. The van der Waals surface area contributed by atoms with Crippen molar-refractivity contribution in [2.75, 3.05) is 0 Å². The lowest BCUT2D eigenvalue weighted by Crippen LogP contribution is -2.17. The molecule has 35 heavy (non-hydrogen) atoms. The lowest BCUT2D eigenvalue weighted by molar-refractivity contribution is 0.0394.